The third kappa shape index (κ3) is 5.38. The molecule has 9 heteroatoms. The minimum Gasteiger partial charge on any atom is -0.343 e. The summed E-state index contributed by atoms with van der Waals surface area (Å²) >= 11 is 0. The van der Waals surface area contributed by atoms with E-state index in [2.05, 4.69) is 4.72 Å². The van der Waals surface area contributed by atoms with Crippen LogP contribution in [0.1, 0.15) is 10.4 Å². The number of hydrogen-bond donors (Lipinski definition) is 2. The number of sulfonamides is 1. The highest BCUT2D eigenvalue weighted by Crippen LogP contribution is 2.29. The molecule has 0 atom stereocenters. The van der Waals surface area contributed by atoms with E-state index in [1.165, 1.54) is 18.2 Å². The van der Waals surface area contributed by atoms with Crippen molar-refractivity contribution in [3.05, 3.63) is 84.4 Å². The zero-order chi connectivity index (χ0) is 21.8. The van der Waals surface area contributed by atoms with Crippen LogP contribution in [0.5, 0.6) is 0 Å². The van der Waals surface area contributed by atoms with Gasteiger partial charge in [0, 0.05) is 11.1 Å². The van der Waals surface area contributed by atoms with E-state index >= 15 is 0 Å². The maximum atomic E-state index is 12.9. The Bertz CT molecular complexity index is 1150. The molecule has 0 spiro atoms. The van der Waals surface area contributed by atoms with Gasteiger partial charge >= 0.3 is 6.18 Å². The Labute approximate surface area is 171 Å². The van der Waals surface area contributed by atoms with Gasteiger partial charge in [0.1, 0.15) is 6.54 Å². The molecule has 156 valence electrons. The van der Waals surface area contributed by atoms with Crippen molar-refractivity contribution in [3.63, 3.8) is 0 Å². The fourth-order valence-corrected chi connectivity index (χ4v) is 3.86. The van der Waals surface area contributed by atoms with Gasteiger partial charge in [0.15, 0.2) is 0 Å². The minimum atomic E-state index is -4.57. The molecule has 0 aromatic heterocycles. The van der Waals surface area contributed by atoms with Crippen molar-refractivity contribution in [1.29, 1.82) is 0 Å². The highest BCUT2D eigenvalue weighted by atomic mass is 32.2. The third-order valence-corrected chi connectivity index (χ3v) is 5.48. The molecule has 0 saturated heterocycles. The first-order valence-electron chi connectivity index (χ1n) is 8.78. The maximum Gasteiger partial charge on any atom is 0.405 e. The number of alkyl halides is 3. The van der Waals surface area contributed by atoms with E-state index in [4.69, 9.17) is 0 Å². The summed E-state index contributed by atoms with van der Waals surface area (Å²) in [4.78, 5) is 11.7. The summed E-state index contributed by atoms with van der Waals surface area (Å²) in [5, 5.41) is 1.72. The lowest BCUT2D eigenvalue weighted by Crippen LogP contribution is -2.33. The highest BCUT2D eigenvalue weighted by molar-refractivity contribution is 7.92. The van der Waals surface area contributed by atoms with Crippen LogP contribution in [-0.4, -0.2) is 27.0 Å². The van der Waals surface area contributed by atoms with Crippen LogP contribution in [-0.2, 0) is 10.0 Å². The Morgan fingerprint density at radius 2 is 1.53 bits per heavy atom. The van der Waals surface area contributed by atoms with Crippen LogP contribution in [0.3, 0.4) is 0 Å². The number of hydrogen-bond acceptors (Lipinski definition) is 3. The van der Waals surface area contributed by atoms with E-state index in [0.717, 1.165) is 11.6 Å². The van der Waals surface area contributed by atoms with Crippen molar-refractivity contribution in [1.82, 2.24) is 5.32 Å². The molecule has 0 radical (unpaired) electrons. The predicted octanol–water partition coefficient (Wildman–Crippen LogP) is 4.45. The first kappa shape index (κ1) is 21.4. The van der Waals surface area contributed by atoms with Crippen molar-refractivity contribution < 1.29 is 26.4 Å². The second-order valence-electron chi connectivity index (χ2n) is 6.34. The molecule has 0 bridgehead atoms. The van der Waals surface area contributed by atoms with Gasteiger partial charge in [0.2, 0.25) is 0 Å². The average molecular weight is 434 g/mol. The molecule has 0 aliphatic heterocycles. The summed E-state index contributed by atoms with van der Waals surface area (Å²) in [7, 11) is -4.10. The lowest BCUT2D eigenvalue weighted by molar-refractivity contribution is -0.123. The number of anilines is 1. The predicted molar refractivity (Wildman–Crippen MR) is 108 cm³/mol. The maximum absolute atomic E-state index is 12.9. The molecule has 30 heavy (non-hydrogen) atoms. The van der Waals surface area contributed by atoms with Crippen LogP contribution in [0.15, 0.2) is 83.8 Å². The summed E-state index contributed by atoms with van der Waals surface area (Å²) in [6.07, 6.45) is -4.57. The van der Waals surface area contributed by atoms with E-state index in [-0.39, 0.29) is 10.5 Å². The normalized spacial score (nSPS) is 11.7. The average Bonchev–Trinajstić information content (AvgIpc) is 2.72. The summed E-state index contributed by atoms with van der Waals surface area (Å²) in [6, 6.07) is 20.8. The highest BCUT2D eigenvalue weighted by Gasteiger charge is 2.28. The standard InChI is InChI=1S/C21H17F3N2O3S/c22-21(23,24)14-25-20(27)16-9-6-10-17(13-16)30(28,29)26-19-12-5-4-11-18(19)15-7-2-1-3-8-15/h1-13,26H,14H2,(H,25,27). The summed E-state index contributed by atoms with van der Waals surface area (Å²) in [5.41, 5.74) is 1.59. The Morgan fingerprint density at radius 1 is 0.867 bits per heavy atom. The lowest BCUT2D eigenvalue weighted by atomic mass is 10.0. The Hall–Kier alpha value is -3.33. The van der Waals surface area contributed by atoms with Crippen LogP contribution in [0.25, 0.3) is 11.1 Å². The van der Waals surface area contributed by atoms with Gasteiger partial charge in [-0.15, -0.1) is 0 Å². The van der Waals surface area contributed by atoms with E-state index in [1.54, 1.807) is 29.6 Å². The van der Waals surface area contributed by atoms with Crippen molar-refractivity contribution in [2.24, 2.45) is 0 Å². The largest absolute Gasteiger partial charge is 0.405 e. The number of benzene rings is 3. The van der Waals surface area contributed by atoms with Crippen LogP contribution in [0.2, 0.25) is 0 Å². The third-order valence-electron chi connectivity index (χ3n) is 4.11. The second kappa shape index (κ2) is 8.58. The fourth-order valence-electron chi connectivity index (χ4n) is 2.73. The molecular formula is C21H17F3N2O3S. The molecule has 5 nitrogen and oxygen atoms in total. The van der Waals surface area contributed by atoms with Gasteiger partial charge in [0.25, 0.3) is 15.9 Å². The van der Waals surface area contributed by atoms with Gasteiger partial charge < -0.3 is 5.32 Å². The first-order valence-corrected chi connectivity index (χ1v) is 10.3. The summed E-state index contributed by atoms with van der Waals surface area (Å²) < 4.78 is 65.1. The van der Waals surface area contributed by atoms with Crippen molar-refractivity contribution in [3.8, 4) is 11.1 Å². The zero-order valence-electron chi connectivity index (χ0n) is 15.5. The molecule has 3 aromatic rings. The topological polar surface area (TPSA) is 75.3 Å². The number of carbonyl (C=O) groups excluding carboxylic acids is 1. The van der Waals surface area contributed by atoms with Crippen LogP contribution >= 0.6 is 0 Å². The molecule has 0 heterocycles. The quantitative estimate of drug-likeness (QED) is 0.602. The van der Waals surface area contributed by atoms with Gasteiger partial charge in [-0.3, -0.25) is 9.52 Å². The van der Waals surface area contributed by atoms with Gasteiger partial charge in [0.05, 0.1) is 10.6 Å². The molecule has 1 amide bonds. The van der Waals surface area contributed by atoms with Gasteiger partial charge in [-0.2, -0.15) is 13.2 Å². The van der Waals surface area contributed by atoms with Crippen LogP contribution < -0.4 is 10.0 Å². The second-order valence-corrected chi connectivity index (χ2v) is 8.03. The molecule has 2 N–H and O–H groups in total. The summed E-state index contributed by atoms with van der Waals surface area (Å²) in [6.45, 7) is -1.51. The minimum absolute atomic E-state index is 0.196. The smallest absolute Gasteiger partial charge is 0.343 e. The molecule has 0 saturated carbocycles. The molecule has 0 unspecified atom stereocenters. The lowest BCUT2D eigenvalue weighted by Gasteiger charge is -2.14. The van der Waals surface area contributed by atoms with Crippen LogP contribution in [0, 0.1) is 0 Å². The number of para-hydroxylation sites is 1. The van der Waals surface area contributed by atoms with Crippen molar-refractivity contribution >= 4 is 21.6 Å². The number of amides is 1. The SMILES string of the molecule is O=C(NCC(F)(F)F)c1cccc(S(=O)(=O)Nc2ccccc2-c2ccccc2)c1. The number of halogens is 3. The van der Waals surface area contributed by atoms with E-state index in [0.29, 0.717) is 11.3 Å². The Kier molecular flexibility index (Phi) is 6.12. The molecule has 3 aromatic carbocycles. The Morgan fingerprint density at radius 3 is 2.23 bits per heavy atom. The fraction of sp³-hybridized carbons (Fsp3) is 0.0952. The number of nitrogens with one attached hydrogen (secondary N) is 2. The van der Waals surface area contributed by atoms with Crippen LogP contribution in [0.4, 0.5) is 18.9 Å². The van der Waals surface area contributed by atoms with Gasteiger partial charge in [-0.25, -0.2) is 8.42 Å². The van der Waals surface area contributed by atoms with Crippen molar-refractivity contribution in [2.45, 2.75) is 11.1 Å². The molecule has 0 fully saturated rings. The molecule has 3 rings (SSSR count). The van der Waals surface area contributed by atoms with E-state index in [9.17, 15) is 26.4 Å². The molecule has 0 aliphatic rings. The van der Waals surface area contributed by atoms with Crippen molar-refractivity contribution in [2.75, 3.05) is 11.3 Å². The number of rotatable bonds is 6. The molecule has 0 aliphatic carbocycles. The molecular weight excluding hydrogens is 417 g/mol. The number of carbonyl (C=O) groups is 1. The van der Waals surface area contributed by atoms with Gasteiger partial charge in [-0.1, -0.05) is 54.6 Å². The summed E-state index contributed by atoms with van der Waals surface area (Å²) in [5.74, 6) is -1.02. The Balaban J connectivity index is 1.87. The van der Waals surface area contributed by atoms with Gasteiger partial charge in [-0.05, 0) is 29.8 Å². The first-order chi connectivity index (χ1) is 14.2. The monoisotopic (exact) mass is 434 g/mol. The van der Waals surface area contributed by atoms with E-state index < -0.39 is 28.7 Å². The zero-order valence-corrected chi connectivity index (χ0v) is 16.3. The van der Waals surface area contributed by atoms with E-state index in [1.807, 2.05) is 30.3 Å².